The van der Waals surface area contributed by atoms with Gasteiger partial charge >= 0.3 is 5.97 Å². The number of benzene rings is 2. The monoisotopic (exact) mass is 270 g/mol. The van der Waals surface area contributed by atoms with Gasteiger partial charge in [0.05, 0.1) is 22.3 Å². The van der Waals surface area contributed by atoms with Gasteiger partial charge in [-0.3, -0.25) is 4.57 Å². The van der Waals surface area contributed by atoms with Crippen LogP contribution in [0.3, 0.4) is 0 Å². The van der Waals surface area contributed by atoms with E-state index in [0.717, 1.165) is 5.56 Å². The van der Waals surface area contributed by atoms with Crippen molar-refractivity contribution in [2.75, 3.05) is 0 Å². The van der Waals surface area contributed by atoms with Gasteiger partial charge < -0.3 is 5.11 Å². The lowest BCUT2D eigenvalue weighted by Crippen LogP contribution is -2.03. The number of halogens is 1. The number of aromatic carboxylic acids is 1. The molecular formula is C15H11FN2O2. The first-order valence-electron chi connectivity index (χ1n) is 6.04. The number of carboxylic acids is 1. The molecule has 0 bridgehead atoms. The number of imidazole rings is 1. The summed E-state index contributed by atoms with van der Waals surface area (Å²) < 4.78 is 15.1. The standard InChI is InChI=1S/C15H11FN2O2/c1-9-5-6-10(16)7-13(9)18-8-17-12-4-2-3-11(14(12)18)15(19)20/h2-8H,1H3,(H,19,20). The Hall–Kier alpha value is -2.69. The summed E-state index contributed by atoms with van der Waals surface area (Å²) in [6, 6.07) is 9.27. The highest BCUT2D eigenvalue weighted by Gasteiger charge is 2.15. The van der Waals surface area contributed by atoms with Crippen LogP contribution in [0.25, 0.3) is 16.7 Å². The van der Waals surface area contributed by atoms with E-state index in [1.165, 1.54) is 24.5 Å². The maximum absolute atomic E-state index is 13.4. The van der Waals surface area contributed by atoms with Gasteiger partial charge in [0.2, 0.25) is 0 Å². The minimum atomic E-state index is -1.04. The van der Waals surface area contributed by atoms with Gasteiger partial charge in [0.1, 0.15) is 12.1 Å². The molecule has 0 aliphatic heterocycles. The number of carbonyl (C=O) groups is 1. The van der Waals surface area contributed by atoms with E-state index in [4.69, 9.17) is 0 Å². The summed E-state index contributed by atoms with van der Waals surface area (Å²) in [4.78, 5) is 15.5. The molecule has 5 heteroatoms. The smallest absolute Gasteiger partial charge is 0.337 e. The number of hydrogen-bond donors (Lipinski definition) is 1. The molecule has 0 saturated carbocycles. The minimum absolute atomic E-state index is 0.142. The summed E-state index contributed by atoms with van der Waals surface area (Å²) in [7, 11) is 0. The fourth-order valence-electron chi connectivity index (χ4n) is 2.26. The normalized spacial score (nSPS) is 10.9. The Morgan fingerprint density at radius 2 is 2.10 bits per heavy atom. The third kappa shape index (κ3) is 1.84. The number of hydrogen-bond acceptors (Lipinski definition) is 2. The molecule has 0 fully saturated rings. The molecule has 0 atom stereocenters. The van der Waals surface area contributed by atoms with Crippen LogP contribution in [0.1, 0.15) is 15.9 Å². The van der Waals surface area contributed by atoms with Crippen molar-refractivity contribution in [1.29, 1.82) is 0 Å². The molecule has 0 spiro atoms. The lowest BCUT2D eigenvalue weighted by molar-refractivity contribution is 0.0698. The number of rotatable bonds is 2. The SMILES string of the molecule is Cc1ccc(F)cc1-n1cnc2cccc(C(=O)O)c21. The van der Waals surface area contributed by atoms with Crippen LogP contribution in [0.2, 0.25) is 0 Å². The maximum atomic E-state index is 13.4. The molecule has 0 radical (unpaired) electrons. The number of aryl methyl sites for hydroxylation is 1. The molecule has 1 heterocycles. The maximum Gasteiger partial charge on any atom is 0.337 e. The van der Waals surface area contributed by atoms with Crippen LogP contribution in [0, 0.1) is 12.7 Å². The Labute approximate surface area is 114 Å². The quantitative estimate of drug-likeness (QED) is 0.778. The van der Waals surface area contributed by atoms with Crippen LogP contribution in [-0.2, 0) is 0 Å². The molecule has 0 unspecified atom stereocenters. The molecular weight excluding hydrogens is 259 g/mol. The fourth-order valence-corrected chi connectivity index (χ4v) is 2.26. The lowest BCUT2D eigenvalue weighted by atomic mass is 10.1. The highest BCUT2D eigenvalue weighted by atomic mass is 19.1. The van der Waals surface area contributed by atoms with E-state index in [-0.39, 0.29) is 11.4 Å². The van der Waals surface area contributed by atoms with Crippen LogP contribution in [0.4, 0.5) is 4.39 Å². The highest BCUT2D eigenvalue weighted by Crippen LogP contribution is 2.24. The second kappa shape index (κ2) is 4.45. The van der Waals surface area contributed by atoms with Gasteiger partial charge in [-0.05, 0) is 36.8 Å². The number of carboxylic acid groups (broad SMARTS) is 1. The lowest BCUT2D eigenvalue weighted by Gasteiger charge is -2.09. The summed E-state index contributed by atoms with van der Waals surface area (Å²) >= 11 is 0. The molecule has 20 heavy (non-hydrogen) atoms. The Morgan fingerprint density at radius 1 is 1.30 bits per heavy atom. The summed E-state index contributed by atoms with van der Waals surface area (Å²) in [5.74, 6) is -1.41. The first-order chi connectivity index (χ1) is 9.58. The first kappa shape index (κ1) is 12.3. The molecule has 3 aromatic rings. The van der Waals surface area contributed by atoms with Crippen molar-refractivity contribution in [3.63, 3.8) is 0 Å². The van der Waals surface area contributed by atoms with Crippen molar-refractivity contribution in [3.05, 3.63) is 59.7 Å². The van der Waals surface area contributed by atoms with Crippen LogP contribution in [-0.4, -0.2) is 20.6 Å². The van der Waals surface area contributed by atoms with Gasteiger partial charge in [-0.2, -0.15) is 0 Å². The second-order valence-corrected chi connectivity index (χ2v) is 4.52. The van der Waals surface area contributed by atoms with Gasteiger partial charge in [-0.1, -0.05) is 12.1 Å². The van der Waals surface area contributed by atoms with Crippen molar-refractivity contribution in [2.24, 2.45) is 0 Å². The van der Waals surface area contributed by atoms with Crippen LogP contribution in [0.5, 0.6) is 0 Å². The molecule has 2 aromatic carbocycles. The van der Waals surface area contributed by atoms with Gasteiger partial charge in [0.15, 0.2) is 0 Å². The van der Waals surface area contributed by atoms with E-state index < -0.39 is 5.97 Å². The van der Waals surface area contributed by atoms with E-state index in [1.807, 2.05) is 6.92 Å². The average molecular weight is 270 g/mol. The fraction of sp³-hybridized carbons (Fsp3) is 0.0667. The first-order valence-corrected chi connectivity index (χ1v) is 6.04. The summed E-state index contributed by atoms with van der Waals surface area (Å²) in [5.41, 5.74) is 2.60. The number of fused-ring (bicyclic) bond motifs is 1. The van der Waals surface area contributed by atoms with Gasteiger partial charge in [0.25, 0.3) is 0 Å². The third-order valence-electron chi connectivity index (χ3n) is 3.23. The van der Waals surface area contributed by atoms with Crippen LogP contribution in [0.15, 0.2) is 42.7 Å². The summed E-state index contributed by atoms with van der Waals surface area (Å²) in [6.07, 6.45) is 1.51. The van der Waals surface area contributed by atoms with E-state index >= 15 is 0 Å². The molecule has 0 aliphatic carbocycles. The summed E-state index contributed by atoms with van der Waals surface area (Å²) in [6.45, 7) is 1.84. The van der Waals surface area contributed by atoms with E-state index in [0.29, 0.717) is 16.7 Å². The van der Waals surface area contributed by atoms with Crippen molar-refractivity contribution in [3.8, 4) is 5.69 Å². The zero-order valence-corrected chi connectivity index (χ0v) is 10.7. The Morgan fingerprint density at radius 3 is 2.85 bits per heavy atom. The average Bonchev–Trinajstić information content (AvgIpc) is 2.85. The summed E-state index contributed by atoms with van der Waals surface area (Å²) in [5, 5.41) is 9.28. The molecule has 0 saturated heterocycles. The largest absolute Gasteiger partial charge is 0.478 e. The van der Waals surface area contributed by atoms with Gasteiger partial charge in [-0.25, -0.2) is 14.2 Å². The highest BCUT2D eigenvalue weighted by molar-refractivity contribution is 6.01. The zero-order valence-electron chi connectivity index (χ0n) is 10.7. The Balaban J connectivity index is 2.37. The molecule has 100 valence electrons. The minimum Gasteiger partial charge on any atom is -0.478 e. The molecule has 3 rings (SSSR count). The van der Waals surface area contributed by atoms with Crippen molar-refractivity contribution in [2.45, 2.75) is 6.92 Å². The van der Waals surface area contributed by atoms with E-state index in [9.17, 15) is 14.3 Å². The number of nitrogens with zero attached hydrogens (tertiary/aromatic N) is 2. The molecule has 0 aliphatic rings. The second-order valence-electron chi connectivity index (χ2n) is 4.52. The van der Waals surface area contributed by atoms with Crippen LogP contribution < -0.4 is 0 Å². The Kier molecular flexibility index (Phi) is 2.75. The number of aromatic nitrogens is 2. The van der Waals surface area contributed by atoms with E-state index in [1.54, 1.807) is 22.8 Å². The van der Waals surface area contributed by atoms with Crippen molar-refractivity contribution in [1.82, 2.24) is 9.55 Å². The molecule has 1 N–H and O–H groups in total. The predicted molar refractivity (Wildman–Crippen MR) is 72.7 cm³/mol. The molecule has 0 amide bonds. The number of para-hydroxylation sites is 1. The van der Waals surface area contributed by atoms with Gasteiger partial charge in [0, 0.05) is 0 Å². The van der Waals surface area contributed by atoms with E-state index in [2.05, 4.69) is 4.98 Å². The topological polar surface area (TPSA) is 55.1 Å². The van der Waals surface area contributed by atoms with Gasteiger partial charge in [-0.15, -0.1) is 0 Å². The van der Waals surface area contributed by atoms with Crippen molar-refractivity contribution >= 4 is 17.0 Å². The Bertz CT molecular complexity index is 824. The van der Waals surface area contributed by atoms with Crippen molar-refractivity contribution < 1.29 is 14.3 Å². The predicted octanol–water partition coefficient (Wildman–Crippen LogP) is 3.17. The third-order valence-corrected chi connectivity index (χ3v) is 3.23. The zero-order chi connectivity index (χ0) is 14.3. The van der Waals surface area contributed by atoms with Crippen LogP contribution >= 0.6 is 0 Å². The molecule has 4 nitrogen and oxygen atoms in total. The molecule has 1 aromatic heterocycles.